The fourth-order valence-electron chi connectivity index (χ4n) is 2.74. The first-order chi connectivity index (χ1) is 13.0. The lowest BCUT2D eigenvalue weighted by Gasteiger charge is -2.27. The van der Waals surface area contributed by atoms with Gasteiger partial charge in [-0.25, -0.2) is 9.02 Å². The molecule has 2 atom stereocenters. The van der Waals surface area contributed by atoms with E-state index >= 15 is 0 Å². The van der Waals surface area contributed by atoms with E-state index in [9.17, 15) is 14.4 Å². The summed E-state index contributed by atoms with van der Waals surface area (Å²) in [6.45, 7) is 1.35. The van der Waals surface area contributed by atoms with E-state index in [1.54, 1.807) is 13.0 Å². The first-order valence-corrected chi connectivity index (χ1v) is 8.36. The Morgan fingerprint density at radius 2 is 2.33 bits per heavy atom. The molecule has 1 aromatic carbocycles. The Morgan fingerprint density at radius 1 is 1.52 bits per heavy atom. The predicted octanol–water partition coefficient (Wildman–Crippen LogP) is 1.20. The van der Waals surface area contributed by atoms with Gasteiger partial charge in [0, 0.05) is 13.0 Å². The third-order valence-electron chi connectivity index (χ3n) is 4.21. The molecule has 27 heavy (non-hydrogen) atoms. The van der Waals surface area contributed by atoms with Crippen molar-refractivity contribution in [3.8, 4) is 5.88 Å². The Kier molecular flexibility index (Phi) is 5.77. The van der Waals surface area contributed by atoms with Gasteiger partial charge in [-0.2, -0.15) is 0 Å². The number of fused-ring (bicyclic) bond motifs is 1. The number of aliphatic imine (C=N–C) groups is 1. The first kappa shape index (κ1) is 18.9. The van der Waals surface area contributed by atoms with Crippen LogP contribution in [0.25, 0.3) is 0 Å². The molecule has 0 fully saturated rings. The number of benzene rings is 1. The van der Waals surface area contributed by atoms with Crippen molar-refractivity contribution in [3.63, 3.8) is 0 Å². The number of hydrogen-bond donors (Lipinski definition) is 3. The van der Waals surface area contributed by atoms with Gasteiger partial charge in [0.05, 0.1) is 6.04 Å². The van der Waals surface area contributed by atoms with Crippen LogP contribution in [0.15, 0.2) is 27.8 Å². The number of rotatable bonds is 8. The Bertz CT molecular complexity index is 854. The SMILES string of the molecule is C[C@H](CO)CC(=O)COc1nonc1C(=N[C@H]1Cc2ccc(F)cc21)NO. The molecule has 0 bridgehead atoms. The third kappa shape index (κ3) is 4.29. The second-order valence-corrected chi connectivity index (χ2v) is 6.39. The molecular formula is C17H19FN4O5. The number of aromatic nitrogens is 2. The van der Waals surface area contributed by atoms with Crippen LogP contribution in [0.5, 0.6) is 5.88 Å². The minimum Gasteiger partial charge on any atom is -0.466 e. The zero-order valence-corrected chi connectivity index (χ0v) is 14.6. The van der Waals surface area contributed by atoms with Crippen molar-refractivity contribution in [2.45, 2.75) is 25.8 Å². The van der Waals surface area contributed by atoms with Crippen LogP contribution in [0.4, 0.5) is 4.39 Å². The molecule has 3 N–H and O–H groups in total. The lowest BCUT2D eigenvalue weighted by molar-refractivity contribution is -0.122. The molecule has 0 spiro atoms. The van der Waals surface area contributed by atoms with Crippen molar-refractivity contribution < 1.29 is 28.9 Å². The van der Waals surface area contributed by atoms with Gasteiger partial charge in [-0.3, -0.25) is 20.5 Å². The first-order valence-electron chi connectivity index (χ1n) is 8.36. The van der Waals surface area contributed by atoms with E-state index < -0.39 is 0 Å². The lowest BCUT2D eigenvalue weighted by atomic mass is 9.83. The number of amidine groups is 1. The molecule has 1 aliphatic rings. The molecule has 144 valence electrons. The Hall–Kier alpha value is -2.85. The number of aliphatic hydroxyl groups is 1. The normalized spacial score (nSPS) is 17.0. The summed E-state index contributed by atoms with van der Waals surface area (Å²) >= 11 is 0. The number of ketones is 1. The van der Waals surface area contributed by atoms with Gasteiger partial charge in [0.25, 0.3) is 5.88 Å². The maximum atomic E-state index is 13.4. The molecule has 1 heterocycles. The fourth-order valence-corrected chi connectivity index (χ4v) is 2.74. The average molecular weight is 378 g/mol. The van der Waals surface area contributed by atoms with Gasteiger partial charge < -0.3 is 9.84 Å². The highest BCUT2D eigenvalue weighted by atomic mass is 19.1. The smallest absolute Gasteiger partial charge is 0.287 e. The topological polar surface area (TPSA) is 130 Å². The molecule has 0 radical (unpaired) electrons. The van der Waals surface area contributed by atoms with Crippen molar-refractivity contribution in [2.24, 2.45) is 10.9 Å². The second kappa shape index (κ2) is 8.23. The zero-order valence-electron chi connectivity index (χ0n) is 14.6. The number of nitrogens with one attached hydrogen (secondary N) is 1. The molecular weight excluding hydrogens is 359 g/mol. The largest absolute Gasteiger partial charge is 0.466 e. The lowest BCUT2D eigenvalue weighted by Crippen LogP contribution is -2.26. The summed E-state index contributed by atoms with van der Waals surface area (Å²) in [6, 6.07) is 4.10. The summed E-state index contributed by atoms with van der Waals surface area (Å²) in [7, 11) is 0. The molecule has 1 aromatic heterocycles. The minimum absolute atomic E-state index is 0.00893. The van der Waals surface area contributed by atoms with Gasteiger partial charge in [-0.15, -0.1) is 0 Å². The highest BCUT2D eigenvalue weighted by Crippen LogP contribution is 2.37. The van der Waals surface area contributed by atoms with Crippen LogP contribution >= 0.6 is 0 Å². The van der Waals surface area contributed by atoms with E-state index in [1.807, 2.05) is 5.48 Å². The van der Waals surface area contributed by atoms with E-state index in [2.05, 4.69) is 19.9 Å². The van der Waals surface area contributed by atoms with Crippen molar-refractivity contribution in [2.75, 3.05) is 13.2 Å². The Labute approximate surface area is 153 Å². The van der Waals surface area contributed by atoms with Crippen LogP contribution in [0, 0.1) is 11.7 Å². The summed E-state index contributed by atoms with van der Waals surface area (Å²) in [5.41, 5.74) is 3.60. The summed E-state index contributed by atoms with van der Waals surface area (Å²) in [4.78, 5) is 16.1. The zero-order chi connectivity index (χ0) is 19.4. The summed E-state index contributed by atoms with van der Waals surface area (Å²) < 4.78 is 23.3. The van der Waals surface area contributed by atoms with Crippen LogP contribution in [0.2, 0.25) is 0 Å². The fraction of sp³-hybridized carbons (Fsp3) is 0.412. The minimum atomic E-state index is -0.366. The van der Waals surface area contributed by atoms with Gasteiger partial charge in [-0.05, 0) is 45.9 Å². The molecule has 0 aliphatic heterocycles. The maximum Gasteiger partial charge on any atom is 0.287 e. The number of ether oxygens (including phenoxy) is 1. The highest BCUT2D eigenvalue weighted by molar-refractivity contribution is 5.98. The molecule has 0 amide bonds. The molecule has 0 saturated heterocycles. The third-order valence-corrected chi connectivity index (χ3v) is 4.21. The van der Waals surface area contributed by atoms with Crippen molar-refractivity contribution >= 4 is 11.6 Å². The Balaban J connectivity index is 1.70. The van der Waals surface area contributed by atoms with Crippen LogP contribution < -0.4 is 10.2 Å². The molecule has 9 nitrogen and oxygen atoms in total. The molecule has 0 unspecified atom stereocenters. The van der Waals surface area contributed by atoms with E-state index in [0.717, 1.165) is 11.1 Å². The molecule has 10 heteroatoms. The van der Waals surface area contributed by atoms with Gasteiger partial charge in [0.1, 0.15) is 12.4 Å². The highest BCUT2D eigenvalue weighted by Gasteiger charge is 2.28. The number of Topliss-reactive ketones (excluding diaryl/α,β-unsaturated/α-hetero) is 1. The standard InChI is InChI=1S/C17H19FN4O5/c1-9(7-23)4-12(24)8-26-17-15(21-27-22-17)16(20-25)19-14-5-10-2-3-11(18)6-13(10)14/h2-3,6,9,14,23,25H,4-5,7-8H2,1H3,(H,19,20)/t9-,14-/m0/s1. The monoisotopic (exact) mass is 378 g/mol. The number of nitrogens with zero attached hydrogens (tertiary/aromatic N) is 3. The van der Waals surface area contributed by atoms with Crippen molar-refractivity contribution in [1.29, 1.82) is 0 Å². The van der Waals surface area contributed by atoms with Crippen LogP contribution in [0.1, 0.15) is 36.2 Å². The van der Waals surface area contributed by atoms with Crippen molar-refractivity contribution in [1.82, 2.24) is 15.8 Å². The molecule has 2 aromatic rings. The van der Waals surface area contributed by atoms with Crippen LogP contribution in [-0.4, -0.2) is 45.5 Å². The van der Waals surface area contributed by atoms with Gasteiger partial charge in [0.15, 0.2) is 11.6 Å². The van der Waals surface area contributed by atoms with Crippen LogP contribution in [-0.2, 0) is 11.2 Å². The summed E-state index contributed by atoms with van der Waals surface area (Å²) in [5, 5.41) is 25.6. The van der Waals surface area contributed by atoms with E-state index in [4.69, 9.17) is 9.84 Å². The summed E-state index contributed by atoms with van der Waals surface area (Å²) in [6.07, 6.45) is 0.737. The quantitative estimate of drug-likeness (QED) is 0.355. The van der Waals surface area contributed by atoms with E-state index in [-0.39, 0.29) is 60.6 Å². The number of carbonyl (C=O) groups excluding carboxylic acids is 1. The molecule has 3 rings (SSSR count). The van der Waals surface area contributed by atoms with Crippen molar-refractivity contribution in [3.05, 3.63) is 40.8 Å². The number of hydrogen-bond acceptors (Lipinski definition) is 8. The second-order valence-electron chi connectivity index (χ2n) is 6.39. The number of aliphatic hydroxyl groups excluding tert-OH is 1. The number of halogens is 1. The van der Waals surface area contributed by atoms with Gasteiger partial charge in [0.2, 0.25) is 5.69 Å². The molecule has 1 aliphatic carbocycles. The van der Waals surface area contributed by atoms with E-state index in [0.29, 0.717) is 6.42 Å². The van der Waals surface area contributed by atoms with Gasteiger partial charge >= 0.3 is 0 Å². The maximum absolute atomic E-state index is 13.4. The molecule has 0 saturated carbocycles. The van der Waals surface area contributed by atoms with Crippen LogP contribution in [0.3, 0.4) is 0 Å². The van der Waals surface area contributed by atoms with Gasteiger partial charge in [-0.1, -0.05) is 13.0 Å². The summed E-state index contributed by atoms with van der Waals surface area (Å²) in [5.74, 6) is -0.952. The Morgan fingerprint density at radius 3 is 3.07 bits per heavy atom. The number of carbonyl (C=O) groups is 1. The van der Waals surface area contributed by atoms with E-state index in [1.165, 1.54) is 12.1 Å². The average Bonchev–Trinajstić information content (AvgIpc) is 3.11. The number of hydroxylamine groups is 1. The predicted molar refractivity (Wildman–Crippen MR) is 90.0 cm³/mol.